The lowest BCUT2D eigenvalue weighted by Gasteiger charge is -2.14. The van der Waals surface area contributed by atoms with Crippen molar-refractivity contribution in [1.82, 2.24) is 15.3 Å². The van der Waals surface area contributed by atoms with Gasteiger partial charge in [0.1, 0.15) is 12.3 Å². The van der Waals surface area contributed by atoms with Gasteiger partial charge in [-0.15, -0.1) is 0 Å². The van der Waals surface area contributed by atoms with E-state index in [1.807, 2.05) is 30.3 Å². The quantitative estimate of drug-likeness (QED) is 0.271. The number of amides is 1. The molecule has 0 radical (unpaired) electrons. The average Bonchev–Trinajstić information content (AvgIpc) is 3.41. The molecule has 1 aliphatic rings. The highest BCUT2D eigenvalue weighted by atomic mass is 16.5. The van der Waals surface area contributed by atoms with Crippen LogP contribution in [0.15, 0.2) is 67.0 Å². The number of H-pyrrole nitrogens is 1. The van der Waals surface area contributed by atoms with Crippen molar-refractivity contribution in [3.05, 3.63) is 89.2 Å². The van der Waals surface area contributed by atoms with Crippen molar-refractivity contribution in [2.75, 3.05) is 13.2 Å². The number of alkyl carbamates (subject to hydrolysis) is 1. The van der Waals surface area contributed by atoms with E-state index in [4.69, 9.17) is 4.74 Å². The van der Waals surface area contributed by atoms with Gasteiger partial charge in [-0.25, -0.2) is 9.78 Å². The van der Waals surface area contributed by atoms with Gasteiger partial charge < -0.3 is 15.0 Å². The van der Waals surface area contributed by atoms with Crippen LogP contribution in [0.1, 0.15) is 39.4 Å². The number of hydrogen-bond acceptors (Lipinski definition) is 4. The number of rotatable bonds is 5. The van der Waals surface area contributed by atoms with Gasteiger partial charge in [0.15, 0.2) is 6.29 Å². The molecular formula is C27H21N3O3. The summed E-state index contributed by atoms with van der Waals surface area (Å²) in [7, 11) is 0. The molecule has 4 aromatic rings. The Hall–Kier alpha value is -4.37. The zero-order chi connectivity index (χ0) is 22.6. The number of nitrogens with zero attached hydrogens (tertiary/aromatic N) is 1. The number of fused-ring (bicyclic) bond motifs is 4. The minimum Gasteiger partial charge on any atom is -0.449 e. The monoisotopic (exact) mass is 435 g/mol. The highest BCUT2D eigenvalue weighted by molar-refractivity contribution is 5.96. The molecule has 2 aromatic carbocycles. The van der Waals surface area contributed by atoms with E-state index in [-0.39, 0.29) is 12.5 Å². The highest BCUT2D eigenvalue weighted by Gasteiger charge is 2.28. The van der Waals surface area contributed by atoms with Crippen LogP contribution in [0, 0.1) is 11.8 Å². The van der Waals surface area contributed by atoms with Gasteiger partial charge in [-0.2, -0.15) is 0 Å². The zero-order valence-electron chi connectivity index (χ0n) is 17.8. The number of aromatic nitrogens is 2. The third kappa shape index (κ3) is 4.09. The van der Waals surface area contributed by atoms with Crippen LogP contribution in [0.3, 0.4) is 0 Å². The molecule has 6 heteroatoms. The summed E-state index contributed by atoms with van der Waals surface area (Å²) in [6, 6.07) is 18.3. The molecule has 2 N–H and O–H groups in total. The Labute approximate surface area is 191 Å². The van der Waals surface area contributed by atoms with Crippen molar-refractivity contribution < 1.29 is 14.3 Å². The first-order valence-electron chi connectivity index (χ1n) is 10.7. The summed E-state index contributed by atoms with van der Waals surface area (Å²) in [6.07, 6.45) is 4.08. The van der Waals surface area contributed by atoms with Crippen molar-refractivity contribution in [1.29, 1.82) is 0 Å². The van der Waals surface area contributed by atoms with Crippen molar-refractivity contribution in [2.24, 2.45) is 0 Å². The molecular weight excluding hydrogens is 414 g/mol. The molecule has 0 fully saturated rings. The number of benzene rings is 2. The normalized spacial score (nSPS) is 11.9. The third-order valence-electron chi connectivity index (χ3n) is 5.79. The van der Waals surface area contributed by atoms with Gasteiger partial charge in [0.2, 0.25) is 0 Å². The lowest BCUT2D eigenvalue weighted by molar-refractivity contribution is 0.112. The SMILES string of the molecule is O=Cc1c[nH]c2ncc(C#CCCNC(=O)OCC3c4ccccc4-c4ccccc43)cc12. The predicted molar refractivity (Wildman–Crippen MR) is 126 cm³/mol. The van der Waals surface area contributed by atoms with E-state index < -0.39 is 6.09 Å². The van der Waals surface area contributed by atoms with Crippen LogP contribution in [0.4, 0.5) is 4.79 Å². The first-order valence-corrected chi connectivity index (χ1v) is 10.7. The van der Waals surface area contributed by atoms with Crippen LogP contribution in [0.5, 0.6) is 0 Å². The zero-order valence-corrected chi connectivity index (χ0v) is 17.8. The predicted octanol–water partition coefficient (Wildman–Crippen LogP) is 4.66. The van der Waals surface area contributed by atoms with Crippen LogP contribution in [-0.4, -0.2) is 35.5 Å². The molecule has 162 valence electrons. The summed E-state index contributed by atoms with van der Waals surface area (Å²) in [4.78, 5) is 30.5. The fourth-order valence-electron chi connectivity index (χ4n) is 4.23. The number of aldehydes is 1. The maximum atomic E-state index is 12.2. The molecule has 0 aliphatic heterocycles. The Bertz CT molecular complexity index is 1370. The summed E-state index contributed by atoms with van der Waals surface area (Å²) in [6.45, 7) is 0.663. The van der Waals surface area contributed by atoms with Gasteiger partial charge in [0.05, 0.1) is 0 Å². The van der Waals surface area contributed by atoms with E-state index in [1.165, 1.54) is 22.3 Å². The minimum atomic E-state index is -0.454. The smallest absolute Gasteiger partial charge is 0.407 e. The Balaban J connectivity index is 1.14. The summed E-state index contributed by atoms with van der Waals surface area (Å²) in [5.74, 6) is 6.07. The lowest BCUT2D eigenvalue weighted by atomic mass is 9.98. The number of hydrogen-bond donors (Lipinski definition) is 2. The molecule has 0 saturated carbocycles. The molecule has 1 aliphatic carbocycles. The van der Waals surface area contributed by atoms with Crippen LogP contribution in [0.25, 0.3) is 22.2 Å². The van der Waals surface area contributed by atoms with E-state index in [1.54, 1.807) is 12.4 Å². The standard InChI is InChI=1S/C27H21N3O3/c31-16-19-15-30-26-24(19)13-18(14-29-26)7-5-6-12-28-27(32)33-17-25-22-10-3-1-8-20(22)21-9-2-4-11-23(21)25/h1-4,8-11,13-16,25H,6,12,17H2,(H,28,32)(H,29,30). The third-order valence-corrected chi connectivity index (χ3v) is 5.79. The van der Waals surface area contributed by atoms with Gasteiger partial charge in [-0.1, -0.05) is 60.4 Å². The fraction of sp³-hybridized carbons (Fsp3) is 0.148. The largest absolute Gasteiger partial charge is 0.449 e. The summed E-state index contributed by atoms with van der Waals surface area (Å²) >= 11 is 0. The van der Waals surface area contributed by atoms with Crippen molar-refractivity contribution in [2.45, 2.75) is 12.3 Å². The Kier molecular flexibility index (Phi) is 5.61. The minimum absolute atomic E-state index is 0.0371. The number of pyridine rings is 1. The highest BCUT2D eigenvalue weighted by Crippen LogP contribution is 2.44. The first-order chi connectivity index (χ1) is 16.2. The van der Waals surface area contributed by atoms with E-state index in [9.17, 15) is 9.59 Å². The molecule has 33 heavy (non-hydrogen) atoms. The molecule has 6 nitrogen and oxygen atoms in total. The molecule has 0 bridgehead atoms. The number of carbonyl (C=O) groups excluding carboxylic acids is 2. The van der Waals surface area contributed by atoms with Gasteiger partial charge >= 0.3 is 6.09 Å². The molecule has 0 unspecified atom stereocenters. The first kappa shape index (κ1) is 20.5. The molecule has 0 saturated heterocycles. The molecule has 2 aromatic heterocycles. The van der Waals surface area contributed by atoms with Crippen LogP contribution < -0.4 is 5.32 Å². The molecule has 2 heterocycles. The van der Waals surface area contributed by atoms with Crippen molar-refractivity contribution in [3.63, 3.8) is 0 Å². The second kappa shape index (κ2) is 9.01. The second-order valence-corrected chi connectivity index (χ2v) is 7.79. The van der Waals surface area contributed by atoms with Crippen LogP contribution in [0.2, 0.25) is 0 Å². The second-order valence-electron chi connectivity index (χ2n) is 7.79. The number of aromatic amines is 1. The van der Waals surface area contributed by atoms with Gasteiger partial charge in [-0.3, -0.25) is 4.79 Å². The van der Waals surface area contributed by atoms with E-state index in [0.29, 0.717) is 29.7 Å². The summed E-state index contributed by atoms with van der Waals surface area (Å²) in [5.41, 5.74) is 6.69. The number of ether oxygens (including phenoxy) is 1. The number of nitrogens with one attached hydrogen (secondary N) is 2. The van der Waals surface area contributed by atoms with Crippen molar-refractivity contribution >= 4 is 23.4 Å². The maximum absolute atomic E-state index is 12.2. The average molecular weight is 435 g/mol. The maximum Gasteiger partial charge on any atom is 0.407 e. The lowest BCUT2D eigenvalue weighted by Crippen LogP contribution is -2.26. The Morgan fingerprint density at radius 1 is 1.12 bits per heavy atom. The van der Waals surface area contributed by atoms with Crippen LogP contribution in [-0.2, 0) is 4.74 Å². The summed E-state index contributed by atoms with van der Waals surface area (Å²) < 4.78 is 5.52. The van der Waals surface area contributed by atoms with Crippen LogP contribution >= 0.6 is 0 Å². The topological polar surface area (TPSA) is 84.1 Å². The van der Waals surface area contributed by atoms with Gasteiger partial charge in [-0.05, 0) is 28.3 Å². The summed E-state index contributed by atoms with van der Waals surface area (Å²) in [5, 5.41) is 3.50. The molecule has 1 amide bonds. The molecule has 0 atom stereocenters. The Morgan fingerprint density at radius 2 is 1.85 bits per heavy atom. The van der Waals surface area contributed by atoms with Gasteiger partial charge in [0, 0.05) is 47.8 Å². The van der Waals surface area contributed by atoms with E-state index in [2.05, 4.69) is 51.4 Å². The van der Waals surface area contributed by atoms with E-state index in [0.717, 1.165) is 11.7 Å². The number of carbonyl (C=O) groups is 2. The Morgan fingerprint density at radius 3 is 2.58 bits per heavy atom. The van der Waals surface area contributed by atoms with E-state index >= 15 is 0 Å². The molecule has 0 spiro atoms. The van der Waals surface area contributed by atoms with Gasteiger partial charge in [0.25, 0.3) is 0 Å². The van der Waals surface area contributed by atoms with Crippen molar-refractivity contribution in [3.8, 4) is 23.0 Å². The fourth-order valence-corrected chi connectivity index (χ4v) is 4.23. The molecule has 5 rings (SSSR count).